The Morgan fingerprint density at radius 3 is 2.38 bits per heavy atom. The van der Waals surface area contributed by atoms with Gasteiger partial charge in [-0.1, -0.05) is 0 Å². The second-order valence-corrected chi connectivity index (χ2v) is 5.22. The summed E-state index contributed by atoms with van der Waals surface area (Å²) < 4.78 is 33.5. The molecule has 0 fully saturated rings. The maximum Gasteiger partial charge on any atom is 0.161 e. The Morgan fingerprint density at radius 2 is 1.86 bits per heavy atom. The van der Waals surface area contributed by atoms with E-state index in [4.69, 9.17) is 10.5 Å². The second kappa shape index (κ2) is 6.22. The van der Waals surface area contributed by atoms with Crippen LogP contribution in [0, 0.1) is 11.6 Å². The summed E-state index contributed by atoms with van der Waals surface area (Å²) >= 11 is 0. The third kappa shape index (κ3) is 3.39. The summed E-state index contributed by atoms with van der Waals surface area (Å²) in [6.07, 6.45) is 1.89. The maximum absolute atomic E-state index is 13.3. The highest BCUT2D eigenvalue weighted by atomic mass is 19.1. The predicted octanol–water partition coefficient (Wildman–Crippen LogP) is 2.99. The molecule has 114 valence electrons. The number of rotatable bonds is 5. The van der Waals surface area contributed by atoms with Crippen LogP contribution in [-0.2, 0) is 6.42 Å². The fraction of sp³-hybridized carbons (Fsp3) is 0.400. The minimum absolute atomic E-state index is 0.110. The van der Waals surface area contributed by atoms with Gasteiger partial charge in [0.25, 0.3) is 0 Å². The number of nitrogens with zero attached hydrogens (tertiary/aromatic N) is 2. The van der Waals surface area contributed by atoms with Crippen molar-refractivity contribution < 1.29 is 13.5 Å². The van der Waals surface area contributed by atoms with Crippen molar-refractivity contribution in [2.24, 2.45) is 5.73 Å². The van der Waals surface area contributed by atoms with Gasteiger partial charge in [-0.05, 0) is 38.0 Å². The zero-order chi connectivity index (χ0) is 15.6. The minimum Gasteiger partial charge on any atom is -0.493 e. The molecule has 1 unspecified atom stereocenters. The van der Waals surface area contributed by atoms with Gasteiger partial charge >= 0.3 is 0 Å². The van der Waals surface area contributed by atoms with Crippen LogP contribution in [0.15, 0.2) is 24.4 Å². The first-order valence-electron chi connectivity index (χ1n) is 6.74. The highest BCUT2D eigenvalue weighted by Gasteiger charge is 2.21. The summed E-state index contributed by atoms with van der Waals surface area (Å²) in [5, 5.41) is 4.25. The lowest BCUT2D eigenvalue weighted by molar-refractivity contribution is 0.396. The molecule has 2 aromatic rings. The first kappa shape index (κ1) is 15.4. The predicted molar refractivity (Wildman–Crippen MR) is 76.2 cm³/mol. The first-order chi connectivity index (χ1) is 9.92. The Labute approximate surface area is 122 Å². The summed E-state index contributed by atoms with van der Waals surface area (Å²) in [6, 6.07) is 3.05. The molecule has 2 N–H and O–H groups in total. The molecule has 4 nitrogen and oxygen atoms in total. The number of methoxy groups -OCH3 is 1. The van der Waals surface area contributed by atoms with Gasteiger partial charge in [0.2, 0.25) is 0 Å². The van der Waals surface area contributed by atoms with Crippen molar-refractivity contribution in [1.29, 1.82) is 0 Å². The molecule has 1 heterocycles. The lowest BCUT2D eigenvalue weighted by atomic mass is 10.0. The molecule has 0 aliphatic heterocycles. The molecule has 2 rings (SSSR count). The van der Waals surface area contributed by atoms with E-state index in [0.29, 0.717) is 17.7 Å². The van der Waals surface area contributed by atoms with Crippen molar-refractivity contribution in [3.05, 3.63) is 47.3 Å². The van der Waals surface area contributed by atoms with Gasteiger partial charge in [-0.15, -0.1) is 0 Å². The van der Waals surface area contributed by atoms with Gasteiger partial charge in [0.05, 0.1) is 25.0 Å². The highest BCUT2D eigenvalue weighted by Crippen LogP contribution is 2.28. The van der Waals surface area contributed by atoms with E-state index in [1.54, 1.807) is 18.0 Å². The molecule has 0 saturated carbocycles. The molecule has 0 aliphatic rings. The number of aromatic nitrogens is 2. The molecule has 0 radical (unpaired) electrons. The monoisotopic (exact) mass is 295 g/mol. The molecule has 6 heteroatoms. The van der Waals surface area contributed by atoms with E-state index in [1.807, 2.05) is 13.8 Å². The van der Waals surface area contributed by atoms with Crippen molar-refractivity contribution in [1.82, 2.24) is 9.78 Å². The first-order valence-corrected chi connectivity index (χ1v) is 6.74. The van der Waals surface area contributed by atoms with E-state index in [1.165, 1.54) is 12.1 Å². The van der Waals surface area contributed by atoms with Gasteiger partial charge in [-0.2, -0.15) is 5.10 Å². The normalized spacial score (nSPS) is 12.7. The standard InChI is InChI=1S/C15H19F2N3O/c1-9(2)20-15(14(21-3)8-19-20)13(18)6-10-4-11(16)7-12(17)5-10/h4-5,7-9,13H,6,18H2,1-3H3. The van der Waals surface area contributed by atoms with E-state index in [-0.39, 0.29) is 6.04 Å². The molecule has 0 amide bonds. The summed E-state index contributed by atoms with van der Waals surface area (Å²) in [5.41, 5.74) is 7.42. The molecular formula is C15H19F2N3O. The molecule has 0 aliphatic carbocycles. The Kier molecular flexibility index (Phi) is 4.57. The molecule has 1 aromatic heterocycles. The smallest absolute Gasteiger partial charge is 0.161 e. The summed E-state index contributed by atoms with van der Waals surface area (Å²) in [5.74, 6) is -0.642. The number of halogens is 2. The lowest BCUT2D eigenvalue weighted by Gasteiger charge is -2.18. The van der Waals surface area contributed by atoms with E-state index in [2.05, 4.69) is 5.10 Å². The van der Waals surface area contributed by atoms with Crippen LogP contribution in [0.3, 0.4) is 0 Å². The van der Waals surface area contributed by atoms with Crippen LogP contribution in [0.25, 0.3) is 0 Å². The van der Waals surface area contributed by atoms with Gasteiger partial charge in [-0.25, -0.2) is 8.78 Å². The fourth-order valence-electron chi connectivity index (χ4n) is 2.36. The molecule has 21 heavy (non-hydrogen) atoms. The SMILES string of the molecule is COc1cnn(C(C)C)c1C(N)Cc1cc(F)cc(F)c1. The quantitative estimate of drug-likeness (QED) is 0.922. The fourth-order valence-corrected chi connectivity index (χ4v) is 2.36. The average Bonchev–Trinajstić information content (AvgIpc) is 2.81. The average molecular weight is 295 g/mol. The largest absolute Gasteiger partial charge is 0.493 e. The van der Waals surface area contributed by atoms with Gasteiger partial charge < -0.3 is 10.5 Å². The summed E-state index contributed by atoms with van der Waals surface area (Å²) in [4.78, 5) is 0. The number of ether oxygens (including phenoxy) is 1. The van der Waals surface area contributed by atoms with Crippen LogP contribution >= 0.6 is 0 Å². The van der Waals surface area contributed by atoms with Crippen molar-refractivity contribution in [3.8, 4) is 5.75 Å². The molecule has 1 atom stereocenters. The van der Waals surface area contributed by atoms with Crippen molar-refractivity contribution >= 4 is 0 Å². The van der Waals surface area contributed by atoms with E-state index < -0.39 is 17.7 Å². The highest BCUT2D eigenvalue weighted by molar-refractivity contribution is 5.30. The van der Waals surface area contributed by atoms with Gasteiger partial charge in [0, 0.05) is 12.1 Å². The van der Waals surface area contributed by atoms with Crippen LogP contribution in [0.1, 0.15) is 37.2 Å². The number of nitrogens with two attached hydrogens (primary N) is 1. The van der Waals surface area contributed by atoms with Gasteiger partial charge in [0.1, 0.15) is 11.6 Å². The zero-order valence-electron chi connectivity index (χ0n) is 12.3. The minimum atomic E-state index is -0.610. The number of hydrogen-bond acceptors (Lipinski definition) is 3. The summed E-state index contributed by atoms with van der Waals surface area (Å²) in [6.45, 7) is 3.95. The van der Waals surface area contributed by atoms with Crippen molar-refractivity contribution in [2.45, 2.75) is 32.4 Å². The zero-order valence-corrected chi connectivity index (χ0v) is 12.3. The Hall–Kier alpha value is -1.95. The Balaban J connectivity index is 2.31. The van der Waals surface area contributed by atoms with Crippen molar-refractivity contribution in [3.63, 3.8) is 0 Å². The topological polar surface area (TPSA) is 53.1 Å². The van der Waals surface area contributed by atoms with Crippen LogP contribution in [0.4, 0.5) is 8.78 Å². The van der Waals surface area contributed by atoms with E-state index in [0.717, 1.165) is 11.8 Å². The second-order valence-electron chi connectivity index (χ2n) is 5.22. The molecule has 0 saturated heterocycles. The van der Waals surface area contributed by atoms with Crippen LogP contribution in [-0.4, -0.2) is 16.9 Å². The van der Waals surface area contributed by atoms with Crippen molar-refractivity contribution in [2.75, 3.05) is 7.11 Å². The maximum atomic E-state index is 13.3. The van der Waals surface area contributed by atoms with E-state index in [9.17, 15) is 8.78 Å². The summed E-state index contributed by atoms with van der Waals surface area (Å²) in [7, 11) is 1.54. The lowest BCUT2D eigenvalue weighted by Crippen LogP contribution is -2.20. The molecule has 0 spiro atoms. The van der Waals surface area contributed by atoms with Crippen LogP contribution < -0.4 is 10.5 Å². The Morgan fingerprint density at radius 1 is 1.24 bits per heavy atom. The number of benzene rings is 1. The number of hydrogen-bond donors (Lipinski definition) is 1. The third-order valence-electron chi connectivity index (χ3n) is 3.24. The van der Waals surface area contributed by atoms with Crippen LogP contribution in [0.5, 0.6) is 5.75 Å². The Bertz CT molecular complexity index is 605. The van der Waals surface area contributed by atoms with Gasteiger partial charge in [0.15, 0.2) is 5.75 Å². The molecule has 0 bridgehead atoms. The van der Waals surface area contributed by atoms with Gasteiger partial charge in [-0.3, -0.25) is 4.68 Å². The molecule has 1 aromatic carbocycles. The van der Waals surface area contributed by atoms with Crippen LogP contribution in [0.2, 0.25) is 0 Å². The third-order valence-corrected chi connectivity index (χ3v) is 3.24. The molecular weight excluding hydrogens is 276 g/mol. The van der Waals surface area contributed by atoms with E-state index >= 15 is 0 Å².